The Morgan fingerprint density at radius 1 is 1.13 bits per heavy atom. The van der Waals surface area contributed by atoms with Gasteiger partial charge in [-0.3, -0.25) is 0 Å². The van der Waals surface area contributed by atoms with Crippen LogP contribution in [0.25, 0.3) is 0 Å². The van der Waals surface area contributed by atoms with Gasteiger partial charge >= 0.3 is 5.97 Å². The first kappa shape index (κ1) is 19.4. The summed E-state index contributed by atoms with van der Waals surface area (Å²) in [4.78, 5) is 10.9. The van der Waals surface area contributed by atoms with E-state index in [1.807, 2.05) is 13.8 Å². The van der Waals surface area contributed by atoms with E-state index >= 15 is 0 Å². The quantitative estimate of drug-likeness (QED) is 0.752. The minimum absolute atomic E-state index is 0.0768. The minimum Gasteiger partial charge on any atom is -0.480 e. The van der Waals surface area contributed by atoms with Gasteiger partial charge in [-0.05, 0) is 30.5 Å². The average molecular weight is 363 g/mol. The molecule has 1 unspecified atom stereocenters. The van der Waals surface area contributed by atoms with Crippen molar-refractivity contribution in [2.45, 2.75) is 36.1 Å². The number of hydrogen-bond acceptors (Lipinski definition) is 6. The molecule has 1 rings (SSSR count). The highest BCUT2D eigenvalue weighted by atomic mass is 32.2. The second-order valence-corrected chi connectivity index (χ2v) is 9.87. The van der Waals surface area contributed by atoms with Crippen molar-refractivity contribution in [1.29, 1.82) is 0 Å². The van der Waals surface area contributed by atoms with Gasteiger partial charge in [-0.1, -0.05) is 13.8 Å². The van der Waals surface area contributed by atoms with Crippen molar-refractivity contribution in [1.82, 2.24) is 0 Å². The number of nitrogens with one attached hydrogen (secondary N) is 1. The first-order valence-electron chi connectivity index (χ1n) is 6.86. The molecule has 0 saturated carbocycles. The fraction of sp³-hybridized carbons (Fsp3) is 0.500. The highest BCUT2D eigenvalue weighted by Crippen LogP contribution is 2.26. The summed E-state index contributed by atoms with van der Waals surface area (Å²) in [5.41, 5.74) is 0.0768. The molecule has 0 aromatic heterocycles. The Kier molecular flexibility index (Phi) is 5.81. The van der Waals surface area contributed by atoms with Crippen LogP contribution < -0.4 is 5.32 Å². The van der Waals surface area contributed by atoms with E-state index in [2.05, 4.69) is 5.32 Å². The molecule has 0 bridgehead atoms. The Hall–Kier alpha value is -1.61. The minimum atomic E-state index is -3.74. The molecule has 130 valence electrons. The number of benzene rings is 1. The summed E-state index contributed by atoms with van der Waals surface area (Å²) in [5, 5.41) is 11.9. The van der Waals surface area contributed by atoms with Gasteiger partial charge in [-0.2, -0.15) is 0 Å². The molecule has 23 heavy (non-hydrogen) atoms. The molecule has 0 saturated heterocycles. The zero-order valence-electron chi connectivity index (χ0n) is 13.4. The third kappa shape index (κ3) is 5.51. The normalized spacial score (nSPS) is 13.8. The largest absolute Gasteiger partial charge is 0.480 e. The van der Waals surface area contributed by atoms with Crippen molar-refractivity contribution in [2.75, 3.05) is 17.8 Å². The summed E-state index contributed by atoms with van der Waals surface area (Å²) < 4.78 is 47.0. The maximum absolute atomic E-state index is 11.9. The molecule has 1 atom stereocenters. The van der Waals surface area contributed by atoms with Gasteiger partial charge < -0.3 is 10.4 Å². The second-order valence-electron chi connectivity index (χ2n) is 5.87. The summed E-state index contributed by atoms with van der Waals surface area (Å²) in [6.07, 6.45) is 2.21. The third-order valence-electron chi connectivity index (χ3n) is 3.12. The lowest BCUT2D eigenvalue weighted by atomic mass is 10.0. The summed E-state index contributed by atoms with van der Waals surface area (Å²) in [7, 11) is -7.31. The lowest BCUT2D eigenvalue weighted by Gasteiger charge is -2.19. The van der Waals surface area contributed by atoms with Crippen LogP contribution in [0.3, 0.4) is 0 Å². The van der Waals surface area contributed by atoms with Crippen molar-refractivity contribution in [3.8, 4) is 0 Å². The Balaban J connectivity index is 3.38. The van der Waals surface area contributed by atoms with Gasteiger partial charge in [0, 0.05) is 12.5 Å². The third-order valence-corrected chi connectivity index (χ3v) is 5.36. The van der Waals surface area contributed by atoms with Crippen molar-refractivity contribution < 1.29 is 26.7 Å². The number of carboxylic acids is 1. The average Bonchev–Trinajstić information content (AvgIpc) is 2.35. The smallest absolute Gasteiger partial charge is 0.326 e. The van der Waals surface area contributed by atoms with E-state index in [4.69, 9.17) is 0 Å². The van der Waals surface area contributed by atoms with Gasteiger partial charge in [0.25, 0.3) is 0 Å². The Morgan fingerprint density at radius 2 is 1.70 bits per heavy atom. The first-order chi connectivity index (χ1) is 10.3. The molecule has 2 N–H and O–H groups in total. The molecule has 0 aliphatic carbocycles. The van der Waals surface area contributed by atoms with Gasteiger partial charge in [0.15, 0.2) is 19.7 Å². The molecule has 9 heteroatoms. The molecular formula is C14H21NO6S2. The molecule has 0 spiro atoms. The maximum atomic E-state index is 11.9. The molecule has 0 aliphatic heterocycles. The lowest BCUT2D eigenvalue weighted by molar-refractivity contribution is -0.138. The van der Waals surface area contributed by atoms with Crippen LogP contribution in [0.2, 0.25) is 0 Å². The van der Waals surface area contributed by atoms with Gasteiger partial charge in [0.2, 0.25) is 0 Å². The maximum Gasteiger partial charge on any atom is 0.326 e. The van der Waals surface area contributed by atoms with Crippen LogP contribution in [0.4, 0.5) is 5.69 Å². The van der Waals surface area contributed by atoms with Crippen LogP contribution in [0.5, 0.6) is 0 Å². The number of rotatable bonds is 7. The Labute approximate surface area is 136 Å². The monoisotopic (exact) mass is 363 g/mol. The van der Waals surface area contributed by atoms with Crippen LogP contribution >= 0.6 is 0 Å². The highest BCUT2D eigenvalue weighted by molar-refractivity contribution is 7.91. The predicted molar refractivity (Wildman–Crippen MR) is 87.2 cm³/mol. The van der Waals surface area contributed by atoms with E-state index in [-0.39, 0.29) is 21.4 Å². The molecular weight excluding hydrogens is 342 g/mol. The standard InChI is InChI=1S/C14H21NO6S2/c1-9(2)7-12(14(16)17)15-11-6-5-10(22(3,18)19)8-13(11)23(4,20)21/h5-6,8-9,12,15H,7H2,1-4H3,(H,16,17). The number of carbonyl (C=O) groups is 1. The van der Waals surface area contributed by atoms with E-state index in [1.165, 1.54) is 12.1 Å². The van der Waals surface area contributed by atoms with E-state index in [9.17, 15) is 26.7 Å². The summed E-state index contributed by atoms with van der Waals surface area (Å²) in [5.74, 6) is -1.02. The molecule has 0 amide bonds. The SMILES string of the molecule is CC(C)CC(Nc1ccc(S(C)(=O)=O)cc1S(C)(=O)=O)C(=O)O. The molecule has 1 aromatic rings. The van der Waals surface area contributed by atoms with Crippen molar-refractivity contribution in [3.63, 3.8) is 0 Å². The number of anilines is 1. The number of hydrogen-bond donors (Lipinski definition) is 2. The summed E-state index contributed by atoms with van der Waals surface area (Å²) in [6, 6.07) is 2.60. The van der Waals surface area contributed by atoms with E-state index in [0.29, 0.717) is 6.42 Å². The molecule has 7 nitrogen and oxygen atoms in total. The fourth-order valence-corrected chi connectivity index (χ4v) is 3.63. The number of aliphatic carboxylic acids is 1. The molecule has 1 aromatic carbocycles. The summed E-state index contributed by atoms with van der Waals surface area (Å²) >= 11 is 0. The van der Waals surface area contributed by atoms with E-state index in [0.717, 1.165) is 18.6 Å². The fourth-order valence-electron chi connectivity index (χ4n) is 2.04. The second kappa shape index (κ2) is 6.88. The van der Waals surface area contributed by atoms with Crippen LogP contribution in [0.15, 0.2) is 28.0 Å². The van der Waals surface area contributed by atoms with Crippen molar-refractivity contribution in [2.24, 2.45) is 5.92 Å². The first-order valence-corrected chi connectivity index (χ1v) is 10.6. The number of carboxylic acid groups (broad SMARTS) is 1. The number of sulfone groups is 2. The lowest BCUT2D eigenvalue weighted by Crippen LogP contribution is -2.31. The van der Waals surface area contributed by atoms with E-state index < -0.39 is 31.7 Å². The molecule has 0 heterocycles. The zero-order chi connectivity index (χ0) is 18.0. The predicted octanol–water partition coefficient (Wildman–Crippen LogP) is 1.40. The van der Waals surface area contributed by atoms with Crippen LogP contribution in [0.1, 0.15) is 20.3 Å². The van der Waals surface area contributed by atoms with Crippen LogP contribution in [-0.2, 0) is 24.5 Å². The Morgan fingerprint density at radius 3 is 2.09 bits per heavy atom. The van der Waals surface area contributed by atoms with Crippen molar-refractivity contribution >= 4 is 31.3 Å². The van der Waals surface area contributed by atoms with Gasteiger partial charge in [0.1, 0.15) is 6.04 Å². The van der Waals surface area contributed by atoms with Crippen LogP contribution in [0, 0.1) is 5.92 Å². The van der Waals surface area contributed by atoms with Gasteiger partial charge in [-0.15, -0.1) is 0 Å². The van der Waals surface area contributed by atoms with Gasteiger partial charge in [0.05, 0.1) is 15.5 Å². The van der Waals surface area contributed by atoms with Crippen LogP contribution in [-0.4, -0.2) is 46.5 Å². The molecule has 0 radical (unpaired) electrons. The van der Waals surface area contributed by atoms with Gasteiger partial charge in [-0.25, -0.2) is 21.6 Å². The topological polar surface area (TPSA) is 118 Å². The summed E-state index contributed by atoms with van der Waals surface area (Å²) in [6.45, 7) is 3.70. The highest BCUT2D eigenvalue weighted by Gasteiger charge is 2.23. The molecule has 0 aliphatic rings. The zero-order valence-corrected chi connectivity index (χ0v) is 15.0. The van der Waals surface area contributed by atoms with E-state index in [1.54, 1.807) is 0 Å². The van der Waals surface area contributed by atoms with Crippen molar-refractivity contribution in [3.05, 3.63) is 18.2 Å². The molecule has 0 fully saturated rings. The Bertz CT molecular complexity index is 797.